The Kier molecular flexibility index (Phi) is 2.81. The summed E-state index contributed by atoms with van der Waals surface area (Å²) in [7, 11) is 0. The van der Waals surface area contributed by atoms with Gasteiger partial charge in [-0.2, -0.15) is 0 Å². The summed E-state index contributed by atoms with van der Waals surface area (Å²) in [5.74, 6) is 0.536. The molecule has 0 radical (unpaired) electrons. The summed E-state index contributed by atoms with van der Waals surface area (Å²) in [5, 5.41) is 0. The van der Waals surface area contributed by atoms with Gasteiger partial charge in [0.2, 0.25) is 0 Å². The predicted molar refractivity (Wildman–Crippen MR) is 55.0 cm³/mol. The molecule has 1 nitrogen and oxygen atoms in total. The Morgan fingerprint density at radius 2 is 1.73 bits per heavy atom. The lowest BCUT2D eigenvalue weighted by Crippen LogP contribution is -1.87. The third-order valence-electron chi connectivity index (χ3n) is 1.66. The number of nitrogens with one attached hydrogen (secondary N) is 1. The molecule has 0 aliphatic rings. The third-order valence-corrected chi connectivity index (χ3v) is 4.00. The van der Waals surface area contributed by atoms with Crippen LogP contribution in [-0.2, 0) is 0 Å². The summed E-state index contributed by atoms with van der Waals surface area (Å²) in [4.78, 5) is 3.32. The number of H-pyrrole nitrogens is 1. The van der Waals surface area contributed by atoms with Crippen LogP contribution < -0.4 is 0 Å². The number of aryl methyl sites for hydroxylation is 1. The number of halogens is 2. The molecule has 1 aromatic rings. The van der Waals surface area contributed by atoms with E-state index in [1.54, 1.807) is 0 Å². The number of rotatable bonds is 1. The molecule has 1 N–H and O–H groups in total. The van der Waals surface area contributed by atoms with Gasteiger partial charge in [0, 0.05) is 11.4 Å². The van der Waals surface area contributed by atoms with Crippen molar-refractivity contribution in [3.05, 3.63) is 20.3 Å². The minimum Gasteiger partial charge on any atom is -0.360 e. The van der Waals surface area contributed by atoms with Gasteiger partial charge in [-0.05, 0) is 44.7 Å². The highest BCUT2D eigenvalue weighted by atomic mass is 79.9. The molecule has 0 fully saturated rings. The smallest absolute Gasteiger partial charge is 0.0530 e. The molecule has 1 heterocycles. The van der Waals surface area contributed by atoms with E-state index in [0.29, 0.717) is 5.92 Å². The van der Waals surface area contributed by atoms with Gasteiger partial charge in [-0.25, -0.2) is 0 Å². The molecule has 0 bridgehead atoms. The lowest BCUT2D eigenvalue weighted by molar-refractivity contribution is 0.823. The van der Waals surface area contributed by atoms with Gasteiger partial charge in [-0.3, -0.25) is 0 Å². The summed E-state index contributed by atoms with van der Waals surface area (Å²) < 4.78 is 2.30. The summed E-state index contributed by atoms with van der Waals surface area (Å²) in [6.07, 6.45) is 0. The zero-order valence-corrected chi connectivity index (χ0v) is 10.0. The molecule has 62 valence electrons. The standard InChI is InChI=1S/C8H11Br2N/c1-4(2)8-7(10)6(9)5(3)11-8/h4,11H,1-3H3. The Morgan fingerprint density at radius 1 is 1.18 bits per heavy atom. The molecule has 0 spiro atoms. The van der Waals surface area contributed by atoms with E-state index >= 15 is 0 Å². The van der Waals surface area contributed by atoms with Crippen LogP contribution in [0.3, 0.4) is 0 Å². The van der Waals surface area contributed by atoms with Crippen LogP contribution in [0.2, 0.25) is 0 Å². The van der Waals surface area contributed by atoms with Crippen molar-refractivity contribution in [3.63, 3.8) is 0 Å². The molecule has 0 saturated heterocycles. The first kappa shape index (κ1) is 9.33. The van der Waals surface area contributed by atoms with Gasteiger partial charge in [0.25, 0.3) is 0 Å². The molecule has 0 atom stereocenters. The first-order chi connectivity index (χ1) is 5.04. The van der Waals surface area contributed by atoms with Crippen molar-refractivity contribution in [1.29, 1.82) is 0 Å². The number of hydrogen-bond acceptors (Lipinski definition) is 0. The van der Waals surface area contributed by atoms with Crippen molar-refractivity contribution in [2.45, 2.75) is 26.7 Å². The molecule has 0 saturated carbocycles. The van der Waals surface area contributed by atoms with E-state index in [9.17, 15) is 0 Å². The lowest BCUT2D eigenvalue weighted by Gasteiger charge is -2.01. The molecule has 0 aliphatic carbocycles. The molecule has 3 heteroatoms. The Balaban J connectivity index is 3.19. The summed E-state index contributed by atoms with van der Waals surface area (Å²) in [5.41, 5.74) is 2.44. The molecule has 0 unspecified atom stereocenters. The normalized spacial score (nSPS) is 11.1. The first-order valence-electron chi connectivity index (χ1n) is 3.57. The average molecular weight is 281 g/mol. The van der Waals surface area contributed by atoms with Gasteiger partial charge in [-0.15, -0.1) is 0 Å². The maximum atomic E-state index is 3.52. The lowest BCUT2D eigenvalue weighted by atomic mass is 10.1. The van der Waals surface area contributed by atoms with Crippen molar-refractivity contribution in [1.82, 2.24) is 4.98 Å². The molecule has 0 aromatic carbocycles. The highest BCUT2D eigenvalue weighted by Gasteiger charge is 2.12. The predicted octanol–water partition coefficient (Wildman–Crippen LogP) is 3.97. The van der Waals surface area contributed by atoms with Crippen LogP contribution in [0.5, 0.6) is 0 Å². The third kappa shape index (κ3) is 1.70. The van der Waals surface area contributed by atoms with E-state index in [1.807, 2.05) is 0 Å². The monoisotopic (exact) mass is 279 g/mol. The molecular formula is C8H11Br2N. The second-order valence-electron chi connectivity index (χ2n) is 2.95. The zero-order chi connectivity index (χ0) is 8.59. The van der Waals surface area contributed by atoms with E-state index < -0.39 is 0 Å². The highest BCUT2D eigenvalue weighted by molar-refractivity contribution is 9.13. The van der Waals surface area contributed by atoms with Crippen LogP contribution >= 0.6 is 31.9 Å². The fourth-order valence-corrected chi connectivity index (χ4v) is 2.16. The topological polar surface area (TPSA) is 15.8 Å². The quantitative estimate of drug-likeness (QED) is 0.801. The zero-order valence-electron chi connectivity index (χ0n) is 6.83. The second-order valence-corrected chi connectivity index (χ2v) is 4.53. The molecule has 1 aromatic heterocycles. The fraction of sp³-hybridized carbons (Fsp3) is 0.500. The van der Waals surface area contributed by atoms with Crippen molar-refractivity contribution < 1.29 is 0 Å². The van der Waals surface area contributed by atoms with E-state index in [1.165, 1.54) is 11.4 Å². The summed E-state index contributed by atoms with van der Waals surface area (Å²) in [6.45, 7) is 6.39. The molecule has 1 rings (SSSR count). The average Bonchev–Trinajstić information content (AvgIpc) is 2.17. The van der Waals surface area contributed by atoms with Gasteiger partial charge in [-0.1, -0.05) is 13.8 Å². The number of aromatic nitrogens is 1. The van der Waals surface area contributed by atoms with E-state index in [4.69, 9.17) is 0 Å². The minimum atomic E-state index is 0.536. The largest absolute Gasteiger partial charge is 0.360 e. The van der Waals surface area contributed by atoms with Crippen LogP contribution in [0.1, 0.15) is 31.2 Å². The van der Waals surface area contributed by atoms with Crippen LogP contribution in [0.15, 0.2) is 8.95 Å². The molecule has 11 heavy (non-hydrogen) atoms. The van der Waals surface area contributed by atoms with Crippen molar-refractivity contribution in [3.8, 4) is 0 Å². The van der Waals surface area contributed by atoms with E-state index in [0.717, 1.165) is 8.95 Å². The van der Waals surface area contributed by atoms with Crippen LogP contribution in [0.25, 0.3) is 0 Å². The fourth-order valence-electron chi connectivity index (χ4n) is 0.992. The van der Waals surface area contributed by atoms with Crippen molar-refractivity contribution >= 4 is 31.9 Å². The van der Waals surface area contributed by atoms with Crippen molar-refractivity contribution in [2.75, 3.05) is 0 Å². The Hall–Kier alpha value is 0.240. The van der Waals surface area contributed by atoms with Gasteiger partial charge in [0.1, 0.15) is 0 Å². The highest BCUT2D eigenvalue weighted by Crippen LogP contribution is 2.33. The van der Waals surface area contributed by atoms with Crippen LogP contribution in [-0.4, -0.2) is 4.98 Å². The maximum absolute atomic E-state index is 3.52. The second kappa shape index (κ2) is 3.31. The van der Waals surface area contributed by atoms with Crippen molar-refractivity contribution in [2.24, 2.45) is 0 Å². The number of aromatic amines is 1. The van der Waals surface area contributed by atoms with Crippen LogP contribution in [0.4, 0.5) is 0 Å². The van der Waals surface area contributed by atoms with Crippen LogP contribution in [0, 0.1) is 6.92 Å². The Labute approximate surface area is 83.8 Å². The Bertz CT molecular complexity index is 263. The van der Waals surface area contributed by atoms with Gasteiger partial charge >= 0.3 is 0 Å². The molecular weight excluding hydrogens is 270 g/mol. The number of hydrogen-bond donors (Lipinski definition) is 1. The van der Waals surface area contributed by atoms with E-state index in [-0.39, 0.29) is 0 Å². The molecule has 0 aliphatic heterocycles. The summed E-state index contributed by atoms with van der Waals surface area (Å²) >= 11 is 7.01. The molecule has 0 amide bonds. The Morgan fingerprint density at radius 3 is 1.91 bits per heavy atom. The van der Waals surface area contributed by atoms with Gasteiger partial charge in [0.15, 0.2) is 0 Å². The maximum Gasteiger partial charge on any atom is 0.0530 e. The van der Waals surface area contributed by atoms with Gasteiger partial charge < -0.3 is 4.98 Å². The first-order valence-corrected chi connectivity index (χ1v) is 5.16. The SMILES string of the molecule is Cc1[nH]c(C(C)C)c(Br)c1Br. The van der Waals surface area contributed by atoms with E-state index in [2.05, 4.69) is 57.6 Å². The van der Waals surface area contributed by atoms with Gasteiger partial charge in [0.05, 0.1) is 8.95 Å². The minimum absolute atomic E-state index is 0.536. The summed E-state index contributed by atoms with van der Waals surface area (Å²) in [6, 6.07) is 0.